The lowest BCUT2D eigenvalue weighted by atomic mass is 10.4. The van der Waals surface area contributed by atoms with Gasteiger partial charge in [-0.05, 0) is 13.0 Å². The van der Waals surface area contributed by atoms with E-state index in [2.05, 4.69) is 10.1 Å². The average Bonchev–Trinajstić information content (AvgIpc) is 2.27. The third kappa shape index (κ3) is 0.920. The van der Waals surface area contributed by atoms with E-state index < -0.39 is 0 Å². The summed E-state index contributed by atoms with van der Waals surface area (Å²) in [6.07, 6.45) is 1.61. The van der Waals surface area contributed by atoms with E-state index in [9.17, 15) is 0 Å². The van der Waals surface area contributed by atoms with Crippen LogP contribution in [-0.2, 0) is 0 Å². The fourth-order valence-corrected chi connectivity index (χ4v) is 1.05. The summed E-state index contributed by atoms with van der Waals surface area (Å²) in [4.78, 5) is 3.90. The molecule has 0 bridgehead atoms. The predicted octanol–water partition coefficient (Wildman–Crippen LogP) is 0.620. The van der Waals surface area contributed by atoms with Crippen LogP contribution in [0.2, 0.25) is 0 Å². The zero-order chi connectivity index (χ0) is 7.84. The first-order valence-electron chi connectivity index (χ1n) is 3.33. The highest BCUT2D eigenvalue weighted by Crippen LogP contribution is 2.06. The number of aryl methyl sites for hydroxylation is 1. The molecule has 11 heavy (non-hydrogen) atoms. The number of aromatic nitrogens is 3. The molecule has 0 aliphatic rings. The Hall–Kier alpha value is -1.58. The molecule has 0 amide bonds. The zero-order valence-corrected chi connectivity index (χ0v) is 6.15. The molecular formula is C7H8N4. The third-order valence-corrected chi connectivity index (χ3v) is 1.50. The Morgan fingerprint density at radius 1 is 1.45 bits per heavy atom. The third-order valence-electron chi connectivity index (χ3n) is 1.50. The van der Waals surface area contributed by atoms with E-state index in [1.54, 1.807) is 16.9 Å². The smallest absolute Gasteiger partial charge is 0.127 e. The second-order valence-electron chi connectivity index (χ2n) is 2.47. The van der Waals surface area contributed by atoms with Crippen LogP contribution in [0.1, 0.15) is 5.69 Å². The van der Waals surface area contributed by atoms with Gasteiger partial charge in [0.1, 0.15) is 12.1 Å². The molecule has 0 fully saturated rings. The van der Waals surface area contributed by atoms with Crippen molar-refractivity contribution in [3.05, 3.63) is 24.2 Å². The van der Waals surface area contributed by atoms with Crippen LogP contribution in [-0.4, -0.2) is 14.6 Å². The number of rotatable bonds is 0. The van der Waals surface area contributed by atoms with Gasteiger partial charge in [-0.3, -0.25) is 0 Å². The van der Waals surface area contributed by atoms with Crippen molar-refractivity contribution in [2.45, 2.75) is 6.92 Å². The molecule has 2 N–H and O–H groups in total. The van der Waals surface area contributed by atoms with Crippen molar-refractivity contribution in [1.82, 2.24) is 14.6 Å². The number of nitrogens with zero attached hydrogens (tertiary/aromatic N) is 3. The summed E-state index contributed by atoms with van der Waals surface area (Å²) in [5.41, 5.74) is 7.43. The van der Waals surface area contributed by atoms with Gasteiger partial charge in [0.2, 0.25) is 0 Å². The van der Waals surface area contributed by atoms with E-state index >= 15 is 0 Å². The van der Waals surface area contributed by atoms with Gasteiger partial charge in [0.25, 0.3) is 0 Å². The second kappa shape index (κ2) is 1.95. The summed E-state index contributed by atoms with van der Waals surface area (Å²) < 4.78 is 1.70. The second-order valence-corrected chi connectivity index (χ2v) is 2.47. The highest BCUT2D eigenvalue weighted by Gasteiger charge is 1.96. The van der Waals surface area contributed by atoms with Crippen LogP contribution < -0.4 is 5.73 Å². The van der Waals surface area contributed by atoms with Crippen molar-refractivity contribution in [3.63, 3.8) is 0 Å². The molecule has 2 rings (SSSR count). The summed E-state index contributed by atoms with van der Waals surface area (Å²) in [6, 6.07) is 3.75. The first-order valence-corrected chi connectivity index (χ1v) is 3.33. The van der Waals surface area contributed by atoms with Gasteiger partial charge in [0, 0.05) is 6.07 Å². The van der Waals surface area contributed by atoms with Gasteiger partial charge >= 0.3 is 0 Å². The maximum absolute atomic E-state index is 5.48. The van der Waals surface area contributed by atoms with Gasteiger partial charge in [0.05, 0.1) is 11.2 Å². The standard InChI is InChI=1S/C7H8N4/c1-5-2-6-3-7(8)9-4-11(6)10-5/h2-4H,8H2,1H3. The topological polar surface area (TPSA) is 56.2 Å². The van der Waals surface area contributed by atoms with Crippen LogP contribution in [0.5, 0.6) is 0 Å². The van der Waals surface area contributed by atoms with Crippen LogP contribution >= 0.6 is 0 Å². The van der Waals surface area contributed by atoms with Crippen LogP contribution in [0, 0.1) is 6.92 Å². The number of hydrogen-bond acceptors (Lipinski definition) is 3. The Morgan fingerprint density at radius 2 is 2.27 bits per heavy atom. The van der Waals surface area contributed by atoms with Crippen LogP contribution in [0.15, 0.2) is 18.5 Å². The SMILES string of the molecule is Cc1cc2cc(N)ncn2n1. The fraction of sp³-hybridized carbons (Fsp3) is 0.143. The number of anilines is 1. The largest absolute Gasteiger partial charge is 0.384 e. The summed E-state index contributed by atoms with van der Waals surface area (Å²) in [5.74, 6) is 0.525. The van der Waals surface area contributed by atoms with Gasteiger partial charge in [-0.1, -0.05) is 0 Å². The molecule has 0 spiro atoms. The van der Waals surface area contributed by atoms with Gasteiger partial charge in [-0.2, -0.15) is 5.10 Å². The zero-order valence-electron chi connectivity index (χ0n) is 6.15. The molecular weight excluding hydrogens is 140 g/mol. The molecule has 4 nitrogen and oxygen atoms in total. The van der Waals surface area contributed by atoms with Crippen LogP contribution in [0.4, 0.5) is 5.82 Å². The normalized spacial score (nSPS) is 10.6. The highest BCUT2D eigenvalue weighted by molar-refractivity contribution is 5.52. The molecule has 0 unspecified atom stereocenters. The first-order chi connectivity index (χ1) is 5.25. The number of hydrogen-bond donors (Lipinski definition) is 1. The fourth-order valence-electron chi connectivity index (χ4n) is 1.05. The molecule has 0 aliphatic carbocycles. The first kappa shape index (κ1) is 6.15. The highest BCUT2D eigenvalue weighted by atomic mass is 15.2. The predicted molar refractivity (Wildman–Crippen MR) is 42.1 cm³/mol. The maximum Gasteiger partial charge on any atom is 0.127 e. The molecule has 2 aromatic rings. The van der Waals surface area contributed by atoms with E-state index in [1.165, 1.54) is 0 Å². The molecule has 4 heteroatoms. The van der Waals surface area contributed by atoms with Crippen molar-refractivity contribution < 1.29 is 0 Å². The molecule has 2 aromatic heterocycles. The number of fused-ring (bicyclic) bond motifs is 1. The minimum absolute atomic E-state index is 0.525. The summed E-state index contributed by atoms with van der Waals surface area (Å²) in [7, 11) is 0. The minimum atomic E-state index is 0.525. The van der Waals surface area contributed by atoms with E-state index in [1.807, 2.05) is 13.0 Å². The van der Waals surface area contributed by atoms with E-state index in [-0.39, 0.29) is 0 Å². The van der Waals surface area contributed by atoms with Crippen molar-refractivity contribution in [1.29, 1.82) is 0 Å². The van der Waals surface area contributed by atoms with Crippen LogP contribution in [0.25, 0.3) is 5.52 Å². The van der Waals surface area contributed by atoms with Gasteiger partial charge < -0.3 is 5.73 Å². The quantitative estimate of drug-likeness (QED) is 0.595. The molecule has 2 heterocycles. The van der Waals surface area contributed by atoms with Gasteiger partial charge in [-0.25, -0.2) is 9.50 Å². The summed E-state index contributed by atoms with van der Waals surface area (Å²) in [5, 5.41) is 4.15. The van der Waals surface area contributed by atoms with Crippen LogP contribution in [0.3, 0.4) is 0 Å². The Kier molecular flexibility index (Phi) is 1.09. The van der Waals surface area contributed by atoms with E-state index in [0.717, 1.165) is 11.2 Å². The number of nitrogen functional groups attached to an aromatic ring is 1. The maximum atomic E-state index is 5.48. The monoisotopic (exact) mass is 148 g/mol. The minimum Gasteiger partial charge on any atom is -0.384 e. The molecule has 56 valence electrons. The summed E-state index contributed by atoms with van der Waals surface area (Å²) in [6.45, 7) is 1.93. The Bertz CT molecular complexity index is 390. The van der Waals surface area contributed by atoms with Gasteiger partial charge in [0.15, 0.2) is 0 Å². The Balaban J connectivity index is 2.82. The van der Waals surface area contributed by atoms with Crippen molar-refractivity contribution >= 4 is 11.3 Å². The Morgan fingerprint density at radius 3 is 3.09 bits per heavy atom. The van der Waals surface area contributed by atoms with E-state index in [0.29, 0.717) is 5.82 Å². The molecule has 0 aromatic carbocycles. The van der Waals surface area contributed by atoms with Crippen molar-refractivity contribution in [2.24, 2.45) is 0 Å². The molecule has 0 radical (unpaired) electrons. The molecule has 0 aliphatic heterocycles. The molecule has 0 saturated heterocycles. The summed E-state index contributed by atoms with van der Waals surface area (Å²) >= 11 is 0. The van der Waals surface area contributed by atoms with Crippen molar-refractivity contribution in [2.75, 3.05) is 5.73 Å². The van der Waals surface area contributed by atoms with Crippen molar-refractivity contribution in [3.8, 4) is 0 Å². The lowest BCUT2D eigenvalue weighted by Crippen LogP contribution is -1.93. The molecule has 0 atom stereocenters. The molecule has 0 saturated carbocycles. The van der Waals surface area contributed by atoms with Gasteiger partial charge in [-0.15, -0.1) is 0 Å². The number of nitrogens with two attached hydrogens (primary N) is 1. The lowest BCUT2D eigenvalue weighted by molar-refractivity contribution is 0.903. The van der Waals surface area contributed by atoms with E-state index in [4.69, 9.17) is 5.73 Å². The lowest BCUT2D eigenvalue weighted by Gasteiger charge is -1.91. The average molecular weight is 148 g/mol. The Labute approximate surface area is 63.7 Å².